The Labute approximate surface area is 160 Å². The van der Waals surface area contributed by atoms with Crippen molar-refractivity contribution in [2.45, 2.75) is 31.1 Å². The van der Waals surface area contributed by atoms with Crippen molar-refractivity contribution in [3.05, 3.63) is 84.4 Å². The van der Waals surface area contributed by atoms with Crippen LogP contribution >= 0.6 is 0 Å². The molecule has 1 N–H and O–H groups in total. The lowest BCUT2D eigenvalue weighted by Gasteiger charge is -2.10. The van der Waals surface area contributed by atoms with Crippen LogP contribution in [0.3, 0.4) is 0 Å². The number of para-hydroxylation sites is 1. The Morgan fingerprint density at radius 1 is 0.815 bits per heavy atom. The highest BCUT2D eigenvalue weighted by atomic mass is 32.2. The number of anilines is 1. The van der Waals surface area contributed by atoms with Crippen molar-refractivity contribution in [2.75, 3.05) is 4.72 Å². The molecule has 3 aromatic rings. The highest BCUT2D eigenvalue weighted by molar-refractivity contribution is 7.92. The first-order valence-electron chi connectivity index (χ1n) is 9.01. The van der Waals surface area contributed by atoms with Crippen molar-refractivity contribution < 1.29 is 13.2 Å². The quantitative estimate of drug-likeness (QED) is 0.551. The summed E-state index contributed by atoms with van der Waals surface area (Å²) in [6.45, 7) is 2.14. The summed E-state index contributed by atoms with van der Waals surface area (Å²) in [4.78, 5) is 0.257. The molecule has 0 radical (unpaired) electrons. The van der Waals surface area contributed by atoms with Gasteiger partial charge in [0.1, 0.15) is 11.5 Å². The molecular weight excluding hydrogens is 358 g/mol. The van der Waals surface area contributed by atoms with Gasteiger partial charge in [-0.05, 0) is 66.9 Å². The van der Waals surface area contributed by atoms with Gasteiger partial charge in [-0.1, -0.05) is 43.7 Å². The minimum Gasteiger partial charge on any atom is -0.457 e. The SMILES string of the molecule is CCCCc1ccc(S(=O)(=O)Nc2ccc(Oc3ccccc3)cc2)cc1. The number of ether oxygens (including phenoxy) is 1. The van der Waals surface area contributed by atoms with Crippen molar-refractivity contribution in [1.29, 1.82) is 0 Å². The number of sulfonamides is 1. The third kappa shape index (κ3) is 5.34. The van der Waals surface area contributed by atoms with E-state index in [2.05, 4.69) is 11.6 Å². The van der Waals surface area contributed by atoms with Gasteiger partial charge >= 0.3 is 0 Å². The Balaban J connectivity index is 1.66. The van der Waals surface area contributed by atoms with Crippen molar-refractivity contribution in [3.8, 4) is 11.5 Å². The third-order valence-electron chi connectivity index (χ3n) is 4.14. The van der Waals surface area contributed by atoms with Gasteiger partial charge in [-0.25, -0.2) is 8.42 Å². The van der Waals surface area contributed by atoms with E-state index in [4.69, 9.17) is 4.74 Å². The first-order chi connectivity index (χ1) is 13.1. The molecule has 0 amide bonds. The Morgan fingerprint density at radius 2 is 1.44 bits per heavy atom. The minimum atomic E-state index is -3.61. The van der Waals surface area contributed by atoms with E-state index in [1.807, 2.05) is 42.5 Å². The van der Waals surface area contributed by atoms with Crippen LogP contribution in [0, 0.1) is 0 Å². The topological polar surface area (TPSA) is 55.4 Å². The lowest BCUT2D eigenvalue weighted by atomic mass is 10.1. The smallest absolute Gasteiger partial charge is 0.261 e. The normalized spacial score (nSPS) is 11.1. The summed E-state index contributed by atoms with van der Waals surface area (Å²) in [5.41, 5.74) is 1.64. The molecule has 3 aromatic carbocycles. The molecule has 0 unspecified atom stereocenters. The first-order valence-corrected chi connectivity index (χ1v) is 10.5. The van der Waals surface area contributed by atoms with Crippen molar-refractivity contribution in [3.63, 3.8) is 0 Å². The molecule has 0 spiro atoms. The number of rotatable bonds is 8. The highest BCUT2D eigenvalue weighted by Crippen LogP contribution is 2.24. The molecule has 0 aromatic heterocycles. The monoisotopic (exact) mass is 381 g/mol. The maximum atomic E-state index is 12.6. The molecule has 27 heavy (non-hydrogen) atoms. The summed E-state index contributed by atoms with van der Waals surface area (Å²) >= 11 is 0. The van der Waals surface area contributed by atoms with Gasteiger partial charge in [0.2, 0.25) is 0 Å². The molecule has 0 saturated heterocycles. The molecule has 0 saturated carbocycles. The number of nitrogens with one attached hydrogen (secondary N) is 1. The fourth-order valence-corrected chi connectivity index (χ4v) is 3.70. The zero-order valence-electron chi connectivity index (χ0n) is 15.3. The lowest BCUT2D eigenvalue weighted by molar-refractivity contribution is 0.483. The number of aryl methyl sites for hydroxylation is 1. The first kappa shape index (κ1) is 19.0. The van der Waals surface area contributed by atoms with Crippen LogP contribution in [0.5, 0.6) is 11.5 Å². The largest absolute Gasteiger partial charge is 0.457 e. The van der Waals surface area contributed by atoms with E-state index >= 15 is 0 Å². The zero-order valence-corrected chi connectivity index (χ0v) is 16.1. The standard InChI is InChI=1S/C22H23NO3S/c1-2-3-7-18-10-16-22(17-11-18)27(24,25)23-19-12-14-21(15-13-19)26-20-8-5-4-6-9-20/h4-6,8-17,23H,2-3,7H2,1H3. The van der Waals surface area contributed by atoms with E-state index < -0.39 is 10.0 Å². The van der Waals surface area contributed by atoms with Crippen LogP contribution in [0.1, 0.15) is 25.3 Å². The van der Waals surface area contributed by atoms with Gasteiger partial charge in [-0.3, -0.25) is 4.72 Å². The second kappa shape index (κ2) is 8.73. The van der Waals surface area contributed by atoms with Crippen molar-refractivity contribution >= 4 is 15.7 Å². The average molecular weight is 381 g/mol. The van der Waals surface area contributed by atoms with Gasteiger partial charge < -0.3 is 4.74 Å². The van der Waals surface area contributed by atoms with Gasteiger partial charge in [-0.15, -0.1) is 0 Å². The van der Waals surface area contributed by atoms with Gasteiger partial charge in [0.25, 0.3) is 10.0 Å². The lowest BCUT2D eigenvalue weighted by Crippen LogP contribution is -2.12. The fraction of sp³-hybridized carbons (Fsp3) is 0.182. The van der Waals surface area contributed by atoms with Crippen LogP contribution in [0.15, 0.2) is 83.8 Å². The zero-order chi connectivity index (χ0) is 19.1. The molecule has 0 bridgehead atoms. The molecule has 5 heteroatoms. The van der Waals surface area contributed by atoms with Crippen molar-refractivity contribution in [1.82, 2.24) is 0 Å². The van der Waals surface area contributed by atoms with E-state index in [-0.39, 0.29) is 4.90 Å². The third-order valence-corrected chi connectivity index (χ3v) is 5.54. The molecule has 0 aliphatic rings. The summed E-state index contributed by atoms with van der Waals surface area (Å²) < 4.78 is 33.4. The van der Waals surface area contributed by atoms with Gasteiger partial charge in [0.15, 0.2) is 0 Å². The Kier molecular flexibility index (Phi) is 6.14. The molecule has 0 aliphatic heterocycles. The summed E-state index contributed by atoms with van der Waals surface area (Å²) in [6.07, 6.45) is 3.18. The maximum absolute atomic E-state index is 12.6. The number of hydrogen-bond acceptors (Lipinski definition) is 3. The maximum Gasteiger partial charge on any atom is 0.261 e. The van der Waals surface area contributed by atoms with Crippen molar-refractivity contribution in [2.24, 2.45) is 0 Å². The molecule has 140 valence electrons. The molecular formula is C22H23NO3S. The second-order valence-corrected chi connectivity index (χ2v) is 7.97. The van der Waals surface area contributed by atoms with Crippen LogP contribution in [0.25, 0.3) is 0 Å². The summed E-state index contributed by atoms with van der Waals surface area (Å²) in [5, 5.41) is 0. The van der Waals surface area contributed by atoms with E-state index in [9.17, 15) is 8.42 Å². The highest BCUT2D eigenvalue weighted by Gasteiger charge is 2.14. The molecule has 0 fully saturated rings. The molecule has 3 rings (SSSR count). The number of hydrogen-bond donors (Lipinski definition) is 1. The van der Waals surface area contributed by atoms with Crippen LogP contribution in [-0.4, -0.2) is 8.42 Å². The Morgan fingerprint density at radius 3 is 2.07 bits per heavy atom. The number of unbranched alkanes of at least 4 members (excludes halogenated alkanes) is 1. The van der Waals surface area contributed by atoms with E-state index in [0.717, 1.165) is 30.6 Å². The predicted molar refractivity (Wildman–Crippen MR) is 109 cm³/mol. The van der Waals surface area contributed by atoms with Crippen LogP contribution < -0.4 is 9.46 Å². The van der Waals surface area contributed by atoms with E-state index in [1.165, 1.54) is 0 Å². The second-order valence-electron chi connectivity index (χ2n) is 6.29. The van der Waals surface area contributed by atoms with Gasteiger partial charge in [0, 0.05) is 5.69 Å². The van der Waals surface area contributed by atoms with Crippen LogP contribution in [0.2, 0.25) is 0 Å². The number of benzene rings is 3. The average Bonchev–Trinajstić information content (AvgIpc) is 2.69. The van der Waals surface area contributed by atoms with Gasteiger partial charge in [-0.2, -0.15) is 0 Å². The molecule has 4 nitrogen and oxygen atoms in total. The summed E-state index contributed by atoms with van der Waals surface area (Å²) in [5.74, 6) is 1.37. The molecule has 0 aliphatic carbocycles. The fourth-order valence-electron chi connectivity index (χ4n) is 2.65. The molecule has 0 heterocycles. The minimum absolute atomic E-state index is 0.257. The van der Waals surface area contributed by atoms with Crippen LogP contribution in [0.4, 0.5) is 5.69 Å². The van der Waals surface area contributed by atoms with E-state index in [1.54, 1.807) is 36.4 Å². The summed E-state index contributed by atoms with van der Waals surface area (Å²) in [7, 11) is -3.61. The van der Waals surface area contributed by atoms with E-state index in [0.29, 0.717) is 11.4 Å². The summed E-state index contributed by atoms with van der Waals surface area (Å²) in [6, 6.07) is 23.3. The predicted octanol–water partition coefficient (Wildman–Crippen LogP) is 5.62. The Hall–Kier alpha value is -2.79. The van der Waals surface area contributed by atoms with Crippen LogP contribution in [-0.2, 0) is 16.4 Å². The molecule has 0 atom stereocenters. The Bertz CT molecular complexity index is 951. The van der Waals surface area contributed by atoms with Gasteiger partial charge in [0.05, 0.1) is 4.90 Å².